The predicted octanol–water partition coefficient (Wildman–Crippen LogP) is 4.69. The second-order valence-corrected chi connectivity index (χ2v) is 7.32. The Hall–Kier alpha value is -2.46. The van der Waals surface area contributed by atoms with Crippen molar-refractivity contribution < 1.29 is 19.1 Å². The molecule has 1 atom stereocenters. The Morgan fingerprint density at radius 3 is 1.77 bits per heavy atom. The van der Waals surface area contributed by atoms with Crippen LogP contribution in [0.1, 0.15) is 55.3 Å². The number of hydrogen-bond acceptors (Lipinski definition) is 4. The Kier molecular flexibility index (Phi) is 5.98. The zero-order valence-electron chi connectivity index (χ0n) is 16.0. The molecule has 0 aliphatic carbocycles. The maximum atomic E-state index is 12.7. The molecule has 2 aromatic carbocycles. The van der Waals surface area contributed by atoms with Crippen molar-refractivity contribution in [1.29, 1.82) is 0 Å². The fraction of sp³-hybridized carbons (Fsp3) is 0.364. The molecule has 0 aliphatic rings. The molecule has 4 heteroatoms. The summed E-state index contributed by atoms with van der Waals surface area (Å²) in [7, 11) is 0. The fourth-order valence-electron chi connectivity index (χ4n) is 2.53. The van der Waals surface area contributed by atoms with E-state index < -0.39 is 23.3 Å². The minimum Gasteiger partial charge on any atom is -0.453 e. The lowest BCUT2D eigenvalue weighted by molar-refractivity contribution is -0.131. The third-order valence-electron chi connectivity index (χ3n) is 4.40. The smallest absolute Gasteiger partial charge is 0.338 e. The van der Waals surface area contributed by atoms with Crippen LogP contribution in [-0.4, -0.2) is 29.1 Å². The summed E-state index contributed by atoms with van der Waals surface area (Å²) in [6.07, 6.45) is -0.488. The summed E-state index contributed by atoms with van der Waals surface area (Å²) in [5.41, 5.74) is -0.880. The first kappa shape index (κ1) is 19.9. The number of benzene rings is 2. The largest absolute Gasteiger partial charge is 0.453 e. The summed E-state index contributed by atoms with van der Waals surface area (Å²) in [6, 6.07) is 17.8. The highest BCUT2D eigenvalue weighted by atomic mass is 16.6. The molecule has 0 fully saturated rings. The van der Waals surface area contributed by atoms with Gasteiger partial charge in [0.05, 0.1) is 11.7 Å². The van der Waals surface area contributed by atoms with E-state index in [0.29, 0.717) is 11.1 Å². The van der Waals surface area contributed by atoms with Gasteiger partial charge in [-0.1, -0.05) is 48.5 Å². The van der Waals surface area contributed by atoms with E-state index in [1.807, 2.05) is 24.3 Å². The molecule has 1 unspecified atom stereocenters. The van der Waals surface area contributed by atoms with E-state index in [4.69, 9.17) is 9.47 Å². The van der Waals surface area contributed by atoms with E-state index in [0.717, 1.165) is 0 Å². The lowest BCUT2D eigenvalue weighted by Gasteiger charge is -2.36. The van der Waals surface area contributed by atoms with Crippen molar-refractivity contribution in [3.63, 3.8) is 0 Å². The molecule has 0 N–H and O–H groups in total. The summed E-state index contributed by atoms with van der Waals surface area (Å²) < 4.78 is 11.7. The number of ether oxygens (including phenoxy) is 2. The van der Waals surface area contributed by atoms with Crippen molar-refractivity contribution in [1.82, 2.24) is 0 Å². The van der Waals surface area contributed by atoms with Crippen LogP contribution in [-0.2, 0) is 9.47 Å². The molecule has 0 bridgehead atoms. The van der Waals surface area contributed by atoms with Crippen LogP contribution in [0.4, 0.5) is 0 Å². The molecule has 2 aromatic rings. The van der Waals surface area contributed by atoms with E-state index in [9.17, 15) is 9.59 Å². The second-order valence-electron chi connectivity index (χ2n) is 7.32. The van der Waals surface area contributed by atoms with Crippen molar-refractivity contribution in [2.75, 3.05) is 0 Å². The highest BCUT2D eigenvalue weighted by Gasteiger charge is 2.38. The molecule has 0 aromatic heterocycles. The molecule has 0 amide bonds. The van der Waals surface area contributed by atoms with Crippen LogP contribution in [0.3, 0.4) is 0 Å². The van der Waals surface area contributed by atoms with E-state index in [1.54, 1.807) is 71.0 Å². The predicted molar refractivity (Wildman–Crippen MR) is 101 cm³/mol. The Morgan fingerprint density at radius 2 is 1.27 bits per heavy atom. The Labute approximate surface area is 155 Å². The quantitative estimate of drug-likeness (QED) is 0.535. The van der Waals surface area contributed by atoms with Gasteiger partial charge in [0.25, 0.3) is 0 Å². The number of ketones is 1. The molecule has 26 heavy (non-hydrogen) atoms. The standard InChI is InChI=1S/C22H26O4/c1-16(21(2,3)26-20(24)18-14-10-7-11-15-18)25-22(4,5)19(23)17-12-8-6-9-13-17/h6-16H,1-5H3. The first-order valence-electron chi connectivity index (χ1n) is 8.69. The summed E-state index contributed by atoms with van der Waals surface area (Å²) in [5.74, 6) is -0.534. The van der Waals surface area contributed by atoms with E-state index in [1.165, 1.54) is 0 Å². The first-order chi connectivity index (χ1) is 12.1. The number of carbonyl (C=O) groups is 2. The van der Waals surface area contributed by atoms with Gasteiger partial charge in [-0.3, -0.25) is 4.79 Å². The van der Waals surface area contributed by atoms with Gasteiger partial charge in [0.15, 0.2) is 5.78 Å². The van der Waals surface area contributed by atoms with Crippen LogP contribution in [0.5, 0.6) is 0 Å². The molecular weight excluding hydrogens is 328 g/mol. The molecule has 0 aliphatic heterocycles. The molecule has 2 rings (SSSR count). The summed E-state index contributed by atoms with van der Waals surface area (Å²) in [5, 5.41) is 0. The molecule has 0 radical (unpaired) electrons. The minimum atomic E-state index is -1.04. The van der Waals surface area contributed by atoms with Crippen molar-refractivity contribution in [2.24, 2.45) is 0 Å². The first-order valence-corrected chi connectivity index (χ1v) is 8.69. The van der Waals surface area contributed by atoms with Crippen molar-refractivity contribution >= 4 is 11.8 Å². The summed E-state index contributed by atoms with van der Waals surface area (Å²) >= 11 is 0. The van der Waals surface area contributed by atoms with Crippen LogP contribution < -0.4 is 0 Å². The number of carbonyl (C=O) groups excluding carboxylic acids is 2. The van der Waals surface area contributed by atoms with Crippen molar-refractivity contribution in [3.05, 3.63) is 71.8 Å². The van der Waals surface area contributed by atoms with Gasteiger partial charge in [-0.2, -0.15) is 0 Å². The highest BCUT2D eigenvalue weighted by Crippen LogP contribution is 2.26. The van der Waals surface area contributed by atoms with E-state index >= 15 is 0 Å². The normalized spacial score (nSPS) is 13.1. The lowest BCUT2D eigenvalue weighted by atomic mass is 9.94. The molecule has 0 spiro atoms. The third kappa shape index (κ3) is 4.79. The lowest BCUT2D eigenvalue weighted by Crippen LogP contribution is -2.47. The molecular formula is C22H26O4. The summed E-state index contributed by atoms with van der Waals surface area (Å²) in [6.45, 7) is 8.82. The van der Waals surface area contributed by atoms with E-state index in [-0.39, 0.29) is 5.78 Å². The van der Waals surface area contributed by atoms with Crippen LogP contribution >= 0.6 is 0 Å². The molecule has 0 heterocycles. The maximum Gasteiger partial charge on any atom is 0.338 e. The Morgan fingerprint density at radius 1 is 0.808 bits per heavy atom. The Balaban J connectivity index is 2.07. The number of esters is 1. The van der Waals surface area contributed by atoms with Gasteiger partial charge in [0, 0.05) is 5.56 Å². The van der Waals surface area contributed by atoms with E-state index in [2.05, 4.69) is 0 Å². The van der Waals surface area contributed by atoms with Crippen LogP contribution in [0.25, 0.3) is 0 Å². The number of hydrogen-bond donors (Lipinski definition) is 0. The van der Waals surface area contributed by atoms with Crippen molar-refractivity contribution in [3.8, 4) is 0 Å². The van der Waals surface area contributed by atoms with Crippen molar-refractivity contribution in [2.45, 2.75) is 51.9 Å². The molecule has 4 nitrogen and oxygen atoms in total. The molecule has 138 valence electrons. The third-order valence-corrected chi connectivity index (χ3v) is 4.40. The maximum absolute atomic E-state index is 12.7. The van der Waals surface area contributed by atoms with Gasteiger partial charge >= 0.3 is 5.97 Å². The topological polar surface area (TPSA) is 52.6 Å². The average Bonchev–Trinajstić information content (AvgIpc) is 2.61. The van der Waals surface area contributed by atoms with Gasteiger partial charge in [-0.25, -0.2) is 4.79 Å². The zero-order valence-corrected chi connectivity index (χ0v) is 16.0. The minimum absolute atomic E-state index is 0.116. The molecule has 0 saturated heterocycles. The fourth-order valence-corrected chi connectivity index (χ4v) is 2.53. The summed E-state index contributed by atoms with van der Waals surface area (Å²) in [4.78, 5) is 25.1. The molecule has 0 saturated carbocycles. The average molecular weight is 354 g/mol. The number of Topliss-reactive ketones (excluding diaryl/α,β-unsaturated/α-hetero) is 1. The van der Waals surface area contributed by atoms with Gasteiger partial charge in [0.1, 0.15) is 11.2 Å². The van der Waals surface area contributed by atoms with Crippen LogP contribution in [0, 0.1) is 0 Å². The highest BCUT2D eigenvalue weighted by molar-refractivity contribution is 6.01. The Bertz CT molecular complexity index is 748. The monoisotopic (exact) mass is 354 g/mol. The SMILES string of the molecule is CC(OC(C)(C)C(=O)c1ccccc1)C(C)(C)OC(=O)c1ccccc1. The van der Waals surface area contributed by atoms with Crippen LogP contribution in [0.2, 0.25) is 0 Å². The van der Waals surface area contributed by atoms with Gasteiger partial charge in [-0.05, 0) is 46.8 Å². The second kappa shape index (κ2) is 7.83. The van der Waals surface area contributed by atoms with Crippen LogP contribution in [0.15, 0.2) is 60.7 Å². The number of rotatable bonds is 7. The van der Waals surface area contributed by atoms with Gasteiger partial charge < -0.3 is 9.47 Å². The van der Waals surface area contributed by atoms with Gasteiger partial charge in [0.2, 0.25) is 0 Å². The zero-order chi connectivity index (χ0) is 19.4. The van der Waals surface area contributed by atoms with Gasteiger partial charge in [-0.15, -0.1) is 0 Å².